The Hall–Kier alpha value is -1.55. The largest absolute Gasteiger partial charge is 0.478 e. The molecule has 0 amide bonds. The van der Waals surface area contributed by atoms with Crippen molar-refractivity contribution < 1.29 is 15.1 Å². The fourth-order valence-corrected chi connectivity index (χ4v) is 2.13. The first-order valence-electron chi connectivity index (χ1n) is 6.28. The SMILES string of the molecule is O=C(O)c1ccccc1.ON=C1CCCCCC1Cl. The predicted molar refractivity (Wildman–Crippen MR) is 75.3 cm³/mol. The second kappa shape index (κ2) is 8.53. The molecule has 1 saturated carbocycles. The van der Waals surface area contributed by atoms with Gasteiger partial charge < -0.3 is 10.3 Å². The molecule has 0 spiro atoms. The summed E-state index contributed by atoms with van der Waals surface area (Å²) in [5.41, 5.74) is 1.09. The van der Waals surface area contributed by atoms with E-state index < -0.39 is 5.97 Å². The monoisotopic (exact) mass is 283 g/mol. The third-order valence-corrected chi connectivity index (χ3v) is 3.37. The summed E-state index contributed by atoms with van der Waals surface area (Å²) in [6.07, 6.45) is 5.31. The molecule has 0 bridgehead atoms. The fourth-order valence-electron chi connectivity index (χ4n) is 1.82. The number of halogens is 1. The zero-order valence-corrected chi connectivity index (χ0v) is 11.4. The lowest BCUT2D eigenvalue weighted by atomic mass is 10.2. The highest BCUT2D eigenvalue weighted by atomic mass is 35.5. The van der Waals surface area contributed by atoms with E-state index in [1.54, 1.807) is 30.3 Å². The predicted octanol–water partition coefficient (Wildman–Crippen LogP) is 3.77. The number of rotatable bonds is 1. The van der Waals surface area contributed by atoms with Crippen molar-refractivity contribution in [3.05, 3.63) is 35.9 Å². The Kier molecular flexibility index (Phi) is 6.97. The summed E-state index contributed by atoms with van der Waals surface area (Å²) in [6, 6.07) is 8.30. The maximum absolute atomic E-state index is 10.2. The normalized spacial score (nSPS) is 21.1. The van der Waals surface area contributed by atoms with Gasteiger partial charge in [0, 0.05) is 0 Å². The van der Waals surface area contributed by atoms with Crippen molar-refractivity contribution in [3.8, 4) is 0 Å². The van der Waals surface area contributed by atoms with Gasteiger partial charge in [-0.1, -0.05) is 36.2 Å². The Labute approximate surface area is 117 Å². The number of nitrogens with zero attached hydrogens (tertiary/aromatic N) is 1. The van der Waals surface area contributed by atoms with Crippen LogP contribution in [0.5, 0.6) is 0 Å². The van der Waals surface area contributed by atoms with Gasteiger partial charge in [-0.05, 0) is 31.4 Å². The first kappa shape index (κ1) is 15.5. The first-order valence-corrected chi connectivity index (χ1v) is 6.72. The summed E-state index contributed by atoms with van der Waals surface area (Å²) in [4.78, 5) is 10.2. The zero-order chi connectivity index (χ0) is 14.1. The summed E-state index contributed by atoms with van der Waals surface area (Å²) in [6.45, 7) is 0. The van der Waals surface area contributed by atoms with Crippen molar-refractivity contribution in [2.24, 2.45) is 5.16 Å². The molecule has 1 unspecified atom stereocenters. The molecule has 0 aromatic heterocycles. The van der Waals surface area contributed by atoms with E-state index in [1.807, 2.05) is 0 Å². The lowest BCUT2D eigenvalue weighted by Crippen LogP contribution is -2.11. The molecule has 0 aliphatic heterocycles. The lowest BCUT2D eigenvalue weighted by molar-refractivity contribution is 0.0697. The van der Waals surface area contributed by atoms with Crippen molar-refractivity contribution in [3.63, 3.8) is 0 Å². The topological polar surface area (TPSA) is 69.9 Å². The molecule has 0 radical (unpaired) electrons. The highest BCUT2D eigenvalue weighted by Gasteiger charge is 2.16. The minimum absolute atomic E-state index is 0.0208. The Balaban J connectivity index is 0.000000191. The van der Waals surface area contributed by atoms with E-state index in [0.717, 1.165) is 31.4 Å². The molecule has 0 heterocycles. The second-order valence-corrected chi connectivity index (χ2v) is 4.86. The van der Waals surface area contributed by atoms with Crippen LogP contribution in [0, 0.1) is 0 Å². The minimum atomic E-state index is -0.879. The number of alkyl halides is 1. The lowest BCUT2D eigenvalue weighted by Gasteiger charge is -2.04. The van der Waals surface area contributed by atoms with E-state index in [0.29, 0.717) is 5.56 Å². The molecule has 1 aliphatic carbocycles. The first-order chi connectivity index (χ1) is 9.15. The van der Waals surface area contributed by atoms with Crippen molar-refractivity contribution in [2.75, 3.05) is 0 Å². The van der Waals surface area contributed by atoms with Crippen LogP contribution in [-0.2, 0) is 0 Å². The second-order valence-electron chi connectivity index (χ2n) is 4.33. The molecular formula is C14H18ClNO3. The molecule has 1 aromatic carbocycles. The average Bonchev–Trinajstić information content (AvgIpc) is 2.64. The smallest absolute Gasteiger partial charge is 0.335 e. The molecule has 19 heavy (non-hydrogen) atoms. The van der Waals surface area contributed by atoms with E-state index in [-0.39, 0.29) is 5.38 Å². The Morgan fingerprint density at radius 3 is 2.42 bits per heavy atom. The third kappa shape index (κ3) is 5.75. The number of benzene rings is 1. The van der Waals surface area contributed by atoms with E-state index >= 15 is 0 Å². The minimum Gasteiger partial charge on any atom is -0.478 e. The molecular weight excluding hydrogens is 266 g/mol. The summed E-state index contributed by atoms with van der Waals surface area (Å²) >= 11 is 5.90. The summed E-state index contributed by atoms with van der Waals surface area (Å²) < 4.78 is 0. The molecule has 1 aromatic rings. The number of carboxylic acids is 1. The van der Waals surface area contributed by atoms with Gasteiger partial charge in [0.15, 0.2) is 0 Å². The van der Waals surface area contributed by atoms with Crippen LogP contribution >= 0.6 is 11.6 Å². The summed E-state index contributed by atoms with van der Waals surface area (Å²) in [5.74, 6) is -0.879. The van der Waals surface area contributed by atoms with Gasteiger partial charge in [-0.2, -0.15) is 0 Å². The number of hydrogen-bond donors (Lipinski definition) is 2. The average molecular weight is 284 g/mol. The molecule has 1 atom stereocenters. The van der Waals surface area contributed by atoms with Gasteiger partial charge in [0.1, 0.15) is 0 Å². The standard InChI is InChI=1S/C7H12ClNO.C7H6O2/c8-6-4-2-1-3-5-7(6)9-10;8-7(9)6-4-2-1-3-5-6/h6,10H,1-5H2;1-5H,(H,8,9). The maximum Gasteiger partial charge on any atom is 0.335 e. The molecule has 2 N–H and O–H groups in total. The number of aromatic carboxylic acids is 1. The van der Waals surface area contributed by atoms with Crippen LogP contribution in [0.3, 0.4) is 0 Å². The molecule has 5 heteroatoms. The van der Waals surface area contributed by atoms with E-state index in [1.165, 1.54) is 6.42 Å². The van der Waals surface area contributed by atoms with Crippen LogP contribution in [0.2, 0.25) is 0 Å². The van der Waals surface area contributed by atoms with Gasteiger partial charge in [0.05, 0.1) is 16.7 Å². The number of hydrogen-bond acceptors (Lipinski definition) is 3. The van der Waals surface area contributed by atoms with Crippen LogP contribution in [0.15, 0.2) is 35.5 Å². The van der Waals surface area contributed by atoms with Crippen LogP contribution in [0.1, 0.15) is 42.5 Å². The van der Waals surface area contributed by atoms with Crippen LogP contribution in [-0.4, -0.2) is 27.4 Å². The highest BCUT2D eigenvalue weighted by molar-refractivity contribution is 6.32. The van der Waals surface area contributed by atoms with E-state index in [9.17, 15) is 4.79 Å². The van der Waals surface area contributed by atoms with Crippen molar-refractivity contribution >= 4 is 23.3 Å². The quantitative estimate of drug-likeness (QED) is 0.357. The van der Waals surface area contributed by atoms with Crippen LogP contribution in [0.25, 0.3) is 0 Å². The van der Waals surface area contributed by atoms with Gasteiger partial charge in [-0.15, -0.1) is 11.6 Å². The molecule has 2 rings (SSSR count). The molecule has 1 fully saturated rings. The Bertz CT molecular complexity index is 420. The number of carboxylic acid groups (broad SMARTS) is 1. The number of oxime groups is 1. The maximum atomic E-state index is 10.2. The van der Waals surface area contributed by atoms with Crippen LogP contribution in [0.4, 0.5) is 0 Å². The molecule has 104 valence electrons. The Morgan fingerprint density at radius 1 is 1.21 bits per heavy atom. The van der Waals surface area contributed by atoms with E-state index in [2.05, 4.69) is 5.16 Å². The molecule has 0 saturated heterocycles. The van der Waals surface area contributed by atoms with Gasteiger partial charge in [-0.3, -0.25) is 0 Å². The Morgan fingerprint density at radius 2 is 1.89 bits per heavy atom. The molecule has 1 aliphatic rings. The van der Waals surface area contributed by atoms with Gasteiger partial charge in [0.2, 0.25) is 0 Å². The fraction of sp³-hybridized carbons (Fsp3) is 0.429. The van der Waals surface area contributed by atoms with Crippen molar-refractivity contribution in [1.29, 1.82) is 0 Å². The summed E-state index contributed by atoms with van der Waals surface area (Å²) in [7, 11) is 0. The highest BCUT2D eigenvalue weighted by Crippen LogP contribution is 2.19. The summed E-state index contributed by atoms with van der Waals surface area (Å²) in [5, 5.41) is 20.0. The van der Waals surface area contributed by atoms with Gasteiger partial charge in [0.25, 0.3) is 0 Å². The van der Waals surface area contributed by atoms with Crippen LogP contribution < -0.4 is 0 Å². The van der Waals surface area contributed by atoms with Crippen molar-refractivity contribution in [2.45, 2.75) is 37.5 Å². The van der Waals surface area contributed by atoms with Gasteiger partial charge in [-0.25, -0.2) is 4.79 Å². The van der Waals surface area contributed by atoms with E-state index in [4.69, 9.17) is 21.9 Å². The zero-order valence-electron chi connectivity index (χ0n) is 10.6. The molecule has 4 nitrogen and oxygen atoms in total. The third-order valence-electron chi connectivity index (χ3n) is 2.90. The number of carbonyl (C=O) groups is 1. The van der Waals surface area contributed by atoms with Gasteiger partial charge >= 0.3 is 5.97 Å². The van der Waals surface area contributed by atoms with Crippen molar-refractivity contribution in [1.82, 2.24) is 0 Å².